The van der Waals surface area contributed by atoms with E-state index in [2.05, 4.69) is 18.2 Å². The van der Waals surface area contributed by atoms with Crippen LogP contribution in [0.3, 0.4) is 0 Å². The molecule has 0 aliphatic rings. The third-order valence-corrected chi connectivity index (χ3v) is 2.28. The summed E-state index contributed by atoms with van der Waals surface area (Å²) in [5, 5.41) is 2.70. The summed E-state index contributed by atoms with van der Waals surface area (Å²) in [6, 6.07) is 0. The Kier molecular flexibility index (Phi) is 11.0. The lowest BCUT2D eigenvalue weighted by molar-refractivity contribution is 0.148. The van der Waals surface area contributed by atoms with Crippen LogP contribution in [0.2, 0.25) is 0 Å². The van der Waals surface area contributed by atoms with Crippen molar-refractivity contribution in [2.45, 2.75) is 51.9 Å². The minimum Gasteiger partial charge on any atom is -0.449 e. The van der Waals surface area contributed by atoms with Gasteiger partial charge in [-0.3, -0.25) is 0 Å². The van der Waals surface area contributed by atoms with Gasteiger partial charge < -0.3 is 10.1 Å². The van der Waals surface area contributed by atoms with E-state index in [1.807, 2.05) is 0 Å². The zero-order chi connectivity index (χ0) is 12.1. The molecule has 0 saturated heterocycles. The molecular formula is C13H23NO2. The van der Waals surface area contributed by atoms with Crippen molar-refractivity contribution in [3.05, 3.63) is 0 Å². The first-order valence-corrected chi connectivity index (χ1v) is 6.15. The SMILES string of the molecule is C#CCCOC(=O)NCCCCCCCC. The zero-order valence-corrected chi connectivity index (χ0v) is 10.3. The highest BCUT2D eigenvalue weighted by molar-refractivity contribution is 5.66. The molecule has 0 radical (unpaired) electrons. The van der Waals surface area contributed by atoms with Crippen LogP contribution in [0.15, 0.2) is 0 Å². The summed E-state index contributed by atoms with van der Waals surface area (Å²) in [5.41, 5.74) is 0. The highest BCUT2D eigenvalue weighted by Gasteiger charge is 1.99. The molecule has 0 saturated carbocycles. The lowest BCUT2D eigenvalue weighted by atomic mass is 10.1. The smallest absolute Gasteiger partial charge is 0.407 e. The summed E-state index contributed by atoms with van der Waals surface area (Å²) in [6.45, 7) is 3.20. The van der Waals surface area contributed by atoms with Crippen molar-refractivity contribution in [1.29, 1.82) is 0 Å². The highest BCUT2D eigenvalue weighted by Crippen LogP contribution is 2.03. The second-order valence-electron chi connectivity index (χ2n) is 3.78. The van der Waals surface area contributed by atoms with E-state index in [-0.39, 0.29) is 6.09 Å². The molecule has 0 atom stereocenters. The first-order chi connectivity index (χ1) is 7.81. The molecule has 0 aromatic heterocycles. The number of carbonyl (C=O) groups excluding carboxylic acids is 1. The molecule has 1 amide bonds. The quantitative estimate of drug-likeness (QED) is 0.483. The van der Waals surface area contributed by atoms with Crippen molar-refractivity contribution in [2.75, 3.05) is 13.2 Å². The van der Waals surface area contributed by atoms with E-state index < -0.39 is 0 Å². The number of unbranched alkanes of at least 4 members (excludes halogenated alkanes) is 5. The van der Waals surface area contributed by atoms with E-state index in [1.165, 1.54) is 32.1 Å². The fourth-order valence-electron chi connectivity index (χ4n) is 1.35. The van der Waals surface area contributed by atoms with Gasteiger partial charge in [0.05, 0.1) is 0 Å². The van der Waals surface area contributed by atoms with Gasteiger partial charge >= 0.3 is 6.09 Å². The lowest BCUT2D eigenvalue weighted by Crippen LogP contribution is -2.25. The predicted octanol–water partition coefficient (Wildman–Crippen LogP) is 3.10. The van der Waals surface area contributed by atoms with Crippen molar-refractivity contribution < 1.29 is 9.53 Å². The maximum absolute atomic E-state index is 11.1. The van der Waals surface area contributed by atoms with Crippen LogP contribution in [0.25, 0.3) is 0 Å². The Morgan fingerprint density at radius 3 is 2.62 bits per heavy atom. The number of nitrogens with one attached hydrogen (secondary N) is 1. The number of amides is 1. The normalized spacial score (nSPS) is 9.50. The molecule has 0 rings (SSSR count). The minimum atomic E-state index is -0.358. The van der Waals surface area contributed by atoms with E-state index in [0.29, 0.717) is 19.6 Å². The van der Waals surface area contributed by atoms with Gasteiger partial charge in [-0.2, -0.15) is 0 Å². The summed E-state index contributed by atoms with van der Waals surface area (Å²) in [5.74, 6) is 2.41. The molecule has 0 bridgehead atoms. The second kappa shape index (κ2) is 11.9. The zero-order valence-electron chi connectivity index (χ0n) is 10.3. The summed E-state index contributed by atoms with van der Waals surface area (Å²) in [6.07, 6.45) is 12.5. The molecule has 3 nitrogen and oxygen atoms in total. The fourth-order valence-corrected chi connectivity index (χ4v) is 1.35. The van der Waals surface area contributed by atoms with Crippen LogP contribution in [-0.4, -0.2) is 19.2 Å². The molecule has 0 heterocycles. The number of rotatable bonds is 9. The number of alkyl carbamates (subject to hydrolysis) is 1. The standard InChI is InChI=1S/C13H23NO2/c1-3-5-7-8-9-10-11-14-13(15)16-12-6-4-2/h2H,3,5-12H2,1H3,(H,14,15). The number of hydrogen-bond acceptors (Lipinski definition) is 2. The van der Waals surface area contributed by atoms with E-state index >= 15 is 0 Å². The van der Waals surface area contributed by atoms with E-state index in [9.17, 15) is 4.79 Å². The average molecular weight is 225 g/mol. The van der Waals surface area contributed by atoms with Gasteiger partial charge in [-0.25, -0.2) is 4.79 Å². The molecule has 0 unspecified atom stereocenters. The van der Waals surface area contributed by atoms with Crippen molar-refractivity contribution in [1.82, 2.24) is 5.32 Å². The molecule has 0 fully saturated rings. The molecule has 1 N–H and O–H groups in total. The molecule has 16 heavy (non-hydrogen) atoms. The Morgan fingerprint density at radius 2 is 1.94 bits per heavy atom. The number of hydrogen-bond donors (Lipinski definition) is 1. The summed E-state index contributed by atoms with van der Waals surface area (Å²) < 4.78 is 4.83. The first-order valence-electron chi connectivity index (χ1n) is 6.15. The maximum Gasteiger partial charge on any atom is 0.407 e. The van der Waals surface area contributed by atoms with Gasteiger partial charge in [-0.15, -0.1) is 12.3 Å². The van der Waals surface area contributed by atoms with Crippen molar-refractivity contribution in [3.63, 3.8) is 0 Å². The largest absolute Gasteiger partial charge is 0.449 e. The Bertz CT molecular complexity index is 208. The molecule has 0 aromatic carbocycles. The molecule has 0 spiro atoms. The van der Waals surface area contributed by atoms with E-state index in [0.717, 1.165) is 6.42 Å². The second-order valence-corrected chi connectivity index (χ2v) is 3.78. The van der Waals surface area contributed by atoms with Gasteiger partial charge in [0.25, 0.3) is 0 Å². The fraction of sp³-hybridized carbons (Fsp3) is 0.769. The van der Waals surface area contributed by atoms with Crippen LogP contribution in [0.4, 0.5) is 4.79 Å². The van der Waals surface area contributed by atoms with Crippen molar-refractivity contribution in [3.8, 4) is 12.3 Å². The Balaban J connectivity index is 3.12. The number of ether oxygens (including phenoxy) is 1. The van der Waals surface area contributed by atoms with Crippen LogP contribution in [0.5, 0.6) is 0 Å². The van der Waals surface area contributed by atoms with Crippen LogP contribution in [0, 0.1) is 12.3 Å². The predicted molar refractivity (Wildman–Crippen MR) is 66.2 cm³/mol. The van der Waals surface area contributed by atoms with Gasteiger partial charge in [0.1, 0.15) is 6.61 Å². The van der Waals surface area contributed by atoms with E-state index in [4.69, 9.17) is 11.2 Å². The van der Waals surface area contributed by atoms with Crippen LogP contribution >= 0.6 is 0 Å². The lowest BCUT2D eigenvalue weighted by Gasteiger charge is -2.05. The van der Waals surface area contributed by atoms with Crippen molar-refractivity contribution in [2.24, 2.45) is 0 Å². The van der Waals surface area contributed by atoms with Gasteiger partial charge in [0, 0.05) is 13.0 Å². The summed E-state index contributed by atoms with van der Waals surface area (Å²) in [7, 11) is 0. The van der Waals surface area contributed by atoms with Gasteiger partial charge in [0.2, 0.25) is 0 Å². The van der Waals surface area contributed by atoms with Crippen LogP contribution in [-0.2, 0) is 4.74 Å². The molecule has 3 heteroatoms. The van der Waals surface area contributed by atoms with Crippen LogP contribution < -0.4 is 5.32 Å². The van der Waals surface area contributed by atoms with E-state index in [1.54, 1.807) is 0 Å². The topological polar surface area (TPSA) is 38.3 Å². The molecule has 0 aliphatic heterocycles. The third kappa shape index (κ3) is 10.9. The third-order valence-electron chi connectivity index (χ3n) is 2.28. The van der Waals surface area contributed by atoms with Crippen LogP contribution in [0.1, 0.15) is 51.9 Å². The number of terminal acetylenes is 1. The van der Waals surface area contributed by atoms with Crippen molar-refractivity contribution >= 4 is 6.09 Å². The van der Waals surface area contributed by atoms with Gasteiger partial charge in [-0.1, -0.05) is 39.0 Å². The monoisotopic (exact) mass is 225 g/mol. The maximum atomic E-state index is 11.1. The van der Waals surface area contributed by atoms with Gasteiger partial charge in [-0.05, 0) is 6.42 Å². The average Bonchev–Trinajstić information content (AvgIpc) is 2.28. The summed E-state index contributed by atoms with van der Waals surface area (Å²) >= 11 is 0. The summed E-state index contributed by atoms with van der Waals surface area (Å²) in [4.78, 5) is 11.1. The first kappa shape index (κ1) is 14.8. The minimum absolute atomic E-state index is 0.304. The highest BCUT2D eigenvalue weighted by atomic mass is 16.5. The Labute approximate surface area is 98.9 Å². The molecule has 0 aliphatic carbocycles. The molecule has 92 valence electrons. The number of carbonyl (C=O) groups is 1. The molecule has 0 aromatic rings. The Morgan fingerprint density at radius 1 is 1.25 bits per heavy atom. The van der Waals surface area contributed by atoms with Gasteiger partial charge in [0.15, 0.2) is 0 Å². The molecular weight excluding hydrogens is 202 g/mol. The Hall–Kier alpha value is -1.17.